The van der Waals surface area contributed by atoms with Crippen LogP contribution in [0.5, 0.6) is 0 Å². The van der Waals surface area contributed by atoms with Crippen molar-refractivity contribution in [1.29, 1.82) is 0 Å². The minimum absolute atomic E-state index is 0.0926. The second kappa shape index (κ2) is 12.2. The molecule has 2 rings (SSSR count). The third kappa shape index (κ3) is 8.64. The number of carbonyl (C=O) groups excluding carboxylic acids is 1. The molecular weight excluding hydrogens is 538 g/mol. The first-order valence-corrected chi connectivity index (χ1v) is 9.58. The summed E-state index contributed by atoms with van der Waals surface area (Å²) in [4.78, 5) is 30.9. The van der Waals surface area contributed by atoms with Gasteiger partial charge in [-0.1, -0.05) is 35.0 Å². The first-order valence-electron chi connectivity index (χ1n) is 7.74. The van der Waals surface area contributed by atoms with Crippen LogP contribution in [0.1, 0.15) is 18.4 Å². The van der Waals surface area contributed by atoms with Gasteiger partial charge in [0, 0.05) is 28.6 Å². The van der Waals surface area contributed by atoms with Crippen LogP contribution in [0.25, 0.3) is 0 Å². The van der Waals surface area contributed by atoms with Crippen molar-refractivity contribution in [3.8, 4) is 11.8 Å². The van der Waals surface area contributed by atoms with Gasteiger partial charge in [0.1, 0.15) is 5.56 Å². The lowest BCUT2D eigenvalue weighted by Gasteiger charge is -1.96. The van der Waals surface area contributed by atoms with Gasteiger partial charge in [-0.05, 0) is 46.9 Å². The molecule has 0 aliphatic carbocycles. The van der Waals surface area contributed by atoms with Crippen LogP contribution in [-0.2, 0) is 9.53 Å². The predicted molar refractivity (Wildman–Crippen MR) is 117 cm³/mol. The highest BCUT2D eigenvalue weighted by molar-refractivity contribution is 14.1. The SMILES string of the molecule is COC(=O)CCC#Cc1cc(Cl)ccc1[N+](=O)[O-].O=[N+]([O-])c1ccc(Cl)cc1I. The van der Waals surface area contributed by atoms with Crippen LogP contribution >= 0.6 is 45.8 Å². The second-order valence-corrected chi connectivity index (χ2v) is 7.18. The molecule has 2 aromatic rings. The van der Waals surface area contributed by atoms with E-state index in [4.69, 9.17) is 23.2 Å². The van der Waals surface area contributed by atoms with E-state index in [1.165, 1.54) is 37.4 Å². The maximum atomic E-state index is 10.8. The van der Waals surface area contributed by atoms with Gasteiger partial charge < -0.3 is 4.74 Å². The summed E-state index contributed by atoms with van der Waals surface area (Å²) in [5.74, 6) is 4.94. The van der Waals surface area contributed by atoms with Gasteiger partial charge in [-0.2, -0.15) is 0 Å². The average Bonchev–Trinajstić information content (AvgIpc) is 2.65. The Morgan fingerprint density at radius 2 is 1.62 bits per heavy atom. The Morgan fingerprint density at radius 3 is 2.14 bits per heavy atom. The zero-order chi connectivity index (χ0) is 22.0. The Kier molecular flexibility index (Phi) is 10.4. The number of nitro groups is 2. The molecule has 0 aliphatic rings. The van der Waals surface area contributed by atoms with E-state index in [-0.39, 0.29) is 35.7 Å². The third-order valence-electron chi connectivity index (χ3n) is 3.17. The average molecular weight is 551 g/mol. The first-order chi connectivity index (χ1) is 13.6. The quantitative estimate of drug-likeness (QED) is 0.165. The van der Waals surface area contributed by atoms with Gasteiger partial charge >= 0.3 is 5.97 Å². The highest BCUT2D eigenvalue weighted by Gasteiger charge is 2.12. The number of benzene rings is 2. The fraction of sp³-hybridized carbons (Fsp3) is 0.167. The number of hydrogen-bond acceptors (Lipinski definition) is 6. The monoisotopic (exact) mass is 550 g/mol. The summed E-state index contributed by atoms with van der Waals surface area (Å²) in [6, 6.07) is 8.60. The van der Waals surface area contributed by atoms with E-state index in [1.54, 1.807) is 6.07 Å². The number of esters is 1. The molecule has 0 heterocycles. The number of rotatable bonds is 4. The highest BCUT2D eigenvalue weighted by Crippen LogP contribution is 2.24. The van der Waals surface area contributed by atoms with E-state index in [9.17, 15) is 25.0 Å². The van der Waals surface area contributed by atoms with Crippen molar-refractivity contribution in [2.24, 2.45) is 0 Å². The molecular formula is C18H13Cl2IN2O6. The molecule has 0 fully saturated rings. The van der Waals surface area contributed by atoms with Gasteiger partial charge in [0.15, 0.2) is 0 Å². The molecule has 0 aliphatic heterocycles. The molecule has 0 radical (unpaired) electrons. The molecule has 8 nitrogen and oxygen atoms in total. The van der Waals surface area contributed by atoms with E-state index in [1.807, 2.05) is 22.6 Å². The molecule has 0 N–H and O–H groups in total. The van der Waals surface area contributed by atoms with Crippen LogP contribution in [0.15, 0.2) is 36.4 Å². The summed E-state index contributed by atoms with van der Waals surface area (Å²) >= 11 is 13.2. The Bertz CT molecular complexity index is 988. The largest absolute Gasteiger partial charge is 0.469 e. The Morgan fingerprint density at radius 1 is 1.07 bits per heavy atom. The van der Waals surface area contributed by atoms with Crippen molar-refractivity contribution in [2.45, 2.75) is 12.8 Å². The van der Waals surface area contributed by atoms with Gasteiger partial charge in [-0.25, -0.2) is 0 Å². The van der Waals surface area contributed by atoms with E-state index in [0.29, 0.717) is 13.6 Å². The molecule has 0 saturated carbocycles. The Labute approximate surface area is 189 Å². The maximum absolute atomic E-state index is 10.8. The lowest BCUT2D eigenvalue weighted by Crippen LogP contribution is -1.98. The van der Waals surface area contributed by atoms with E-state index in [0.717, 1.165) is 0 Å². The van der Waals surface area contributed by atoms with Gasteiger partial charge in [-0.3, -0.25) is 25.0 Å². The molecule has 2 aromatic carbocycles. The molecule has 152 valence electrons. The standard InChI is InChI=1S/C12H10ClNO4.C6H3ClINO2/c1-18-12(15)5-3-2-4-9-8-10(13)6-7-11(9)14(16)17;7-4-1-2-6(9(10)11)5(8)3-4/h6-8H,3,5H2,1H3;1-3H. The number of nitrogens with zero attached hydrogens (tertiary/aromatic N) is 2. The lowest BCUT2D eigenvalue weighted by atomic mass is 10.2. The fourth-order valence-electron chi connectivity index (χ4n) is 1.82. The smallest absolute Gasteiger partial charge is 0.306 e. The van der Waals surface area contributed by atoms with Crippen LogP contribution in [0, 0.1) is 35.6 Å². The van der Waals surface area contributed by atoms with E-state index < -0.39 is 9.85 Å². The Balaban J connectivity index is 0.000000326. The third-order valence-corrected chi connectivity index (χ3v) is 4.50. The molecule has 0 bridgehead atoms. The van der Waals surface area contributed by atoms with Gasteiger partial charge in [0.05, 0.1) is 26.9 Å². The summed E-state index contributed by atoms with van der Waals surface area (Å²) in [5, 5.41) is 21.9. The van der Waals surface area contributed by atoms with Crippen LogP contribution in [0.4, 0.5) is 11.4 Å². The molecule has 0 saturated heterocycles. The lowest BCUT2D eigenvalue weighted by molar-refractivity contribution is -0.385. The summed E-state index contributed by atoms with van der Waals surface area (Å²) in [7, 11) is 1.29. The van der Waals surface area contributed by atoms with E-state index >= 15 is 0 Å². The van der Waals surface area contributed by atoms with Crippen LogP contribution in [-0.4, -0.2) is 22.9 Å². The summed E-state index contributed by atoms with van der Waals surface area (Å²) < 4.78 is 5.00. The van der Waals surface area contributed by atoms with Crippen LogP contribution in [0.2, 0.25) is 10.0 Å². The van der Waals surface area contributed by atoms with Crippen molar-refractivity contribution in [1.82, 2.24) is 0 Å². The molecule has 0 amide bonds. The highest BCUT2D eigenvalue weighted by atomic mass is 127. The number of carbonyl (C=O) groups is 1. The van der Waals surface area contributed by atoms with Crippen molar-refractivity contribution in [2.75, 3.05) is 7.11 Å². The molecule has 0 aromatic heterocycles. The van der Waals surface area contributed by atoms with Gasteiger partial charge in [0.25, 0.3) is 11.4 Å². The number of ether oxygens (including phenoxy) is 1. The van der Waals surface area contributed by atoms with Crippen molar-refractivity contribution in [3.05, 3.63) is 75.8 Å². The van der Waals surface area contributed by atoms with Crippen molar-refractivity contribution < 1.29 is 19.4 Å². The molecule has 0 atom stereocenters. The maximum Gasteiger partial charge on any atom is 0.306 e. The second-order valence-electron chi connectivity index (χ2n) is 5.15. The van der Waals surface area contributed by atoms with Gasteiger partial charge in [-0.15, -0.1) is 0 Å². The minimum atomic E-state index is -0.527. The molecule has 11 heteroatoms. The topological polar surface area (TPSA) is 113 Å². The normalized spacial score (nSPS) is 9.38. The summed E-state index contributed by atoms with van der Waals surface area (Å²) in [5.41, 5.74) is 0.220. The first kappa shape index (κ1) is 24.6. The molecule has 29 heavy (non-hydrogen) atoms. The fourth-order valence-corrected chi connectivity index (χ4v) is 3.06. The number of hydrogen-bond donors (Lipinski definition) is 0. The van der Waals surface area contributed by atoms with Crippen LogP contribution < -0.4 is 0 Å². The number of methoxy groups -OCH3 is 1. The van der Waals surface area contributed by atoms with Crippen molar-refractivity contribution >= 4 is 63.1 Å². The zero-order valence-corrected chi connectivity index (χ0v) is 18.5. The van der Waals surface area contributed by atoms with Gasteiger partial charge in [0.2, 0.25) is 0 Å². The number of halogens is 3. The molecule has 0 unspecified atom stereocenters. The summed E-state index contributed by atoms with van der Waals surface area (Å²) in [6.07, 6.45) is 0.425. The zero-order valence-electron chi connectivity index (χ0n) is 14.9. The number of nitro benzene ring substituents is 2. The Hall–Kier alpha value is -2.42. The molecule has 0 spiro atoms. The van der Waals surface area contributed by atoms with Crippen LogP contribution in [0.3, 0.4) is 0 Å². The minimum Gasteiger partial charge on any atom is -0.469 e. The van der Waals surface area contributed by atoms with E-state index in [2.05, 4.69) is 16.6 Å². The predicted octanol–water partition coefficient (Wildman–Crippen LogP) is 5.41. The van der Waals surface area contributed by atoms with Crippen molar-refractivity contribution in [3.63, 3.8) is 0 Å². The summed E-state index contributed by atoms with van der Waals surface area (Å²) in [6.45, 7) is 0.